The van der Waals surface area contributed by atoms with Gasteiger partial charge >= 0.3 is 0 Å². The Kier molecular flexibility index (Phi) is 4.67. The van der Waals surface area contributed by atoms with Crippen LogP contribution in [0.15, 0.2) is 60.7 Å². The summed E-state index contributed by atoms with van der Waals surface area (Å²) in [5.74, 6) is 0.908. The molecule has 28 heavy (non-hydrogen) atoms. The zero-order valence-electron chi connectivity index (χ0n) is 15.7. The van der Waals surface area contributed by atoms with Crippen molar-refractivity contribution < 1.29 is 0 Å². The second kappa shape index (κ2) is 7.46. The number of aromatic nitrogens is 2. The Labute approximate surface area is 169 Å². The maximum Gasteiger partial charge on any atom is 0.155 e. The van der Waals surface area contributed by atoms with E-state index in [2.05, 4.69) is 62.9 Å². The van der Waals surface area contributed by atoms with Gasteiger partial charge in [-0.15, -0.1) is 0 Å². The third kappa shape index (κ3) is 3.58. The summed E-state index contributed by atoms with van der Waals surface area (Å²) in [5, 5.41) is 15.6. The van der Waals surface area contributed by atoms with Gasteiger partial charge in [0.15, 0.2) is 5.82 Å². The van der Waals surface area contributed by atoms with E-state index in [4.69, 9.17) is 11.6 Å². The maximum absolute atomic E-state index is 6.15. The normalized spacial score (nSPS) is 16.0. The molecule has 0 amide bonds. The standard InChI is InChI=1S/C23H23ClN4/c24-19-7-8-22-21(14-19)23(27-26-22)25-20-9-11-28(12-10-20)15-16-5-6-17-3-1-2-4-18(17)13-16/h1-8,13-14,20H,9-12,15H2,(H2,25,26,27). The molecule has 2 N–H and O–H groups in total. The fourth-order valence-electron chi connectivity index (χ4n) is 4.12. The number of benzene rings is 3. The van der Waals surface area contributed by atoms with Gasteiger partial charge in [-0.2, -0.15) is 5.10 Å². The molecule has 0 saturated carbocycles. The number of nitrogens with one attached hydrogen (secondary N) is 2. The molecule has 0 bridgehead atoms. The fourth-order valence-corrected chi connectivity index (χ4v) is 4.29. The number of piperidine rings is 1. The van der Waals surface area contributed by atoms with E-state index in [-0.39, 0.29) is 0 Å². The van der Waals surface area contributed by atoms with Gasteiger partial charge in [0.2, 0.25) is 0 Å². The van der Waals surface area contributed by atoms with Crippen LogP contribution < -0.4 is 5.32 Å². The molecule has 4 aromatic rings. The molecule has 0 atom stereocenters. The van der Waals surface area contributed by atoms with E-state index in [9.17, 15) is 0 Å². The largest absolute Gasteiger partial charge is 0.365 e. The van der Waals surface area contributed by atoms with Crippen molar-refractivity contribution in [3.63, 3.8) is 0 Å². The van der Waals surface area contributed by atoms with Crippen LogP contribution in [0.4, 0.5) is 5.82 Å². The van der Waals surface area contributed by atoms with Crippen LogP contribution >= 0.6 is 11.6 Å². The molecular formula is C23H23ClN4. The molecule has 0 radical (unpaired) electrons. The highest BCUT2D eigenvalue weighted by Crippen LogP contribution is 2.26. The van der Waals surface area contributed by atoms with Gasteiger partial charge in [0.1, 0.15) is 0 Å². The van der Waals surface area contributed by atoms with Crippen LogP contribution in [0.2, 0.25) is 5.02 Å². The highest BCUT2D eigenvalue weighted by Gasteiger charge is 2.20. The van der Waals surface area contributed by atoms with E-state index in [1.54, 1.807) is 0 Å². The second-order valence-electron chi connectivity index (χ2n) is 7.64. The summed E-state index contributed by atoms with van der Waals surface area (Å²) in [6, 6.07) is 21.6. The van der Waals surface area contributed by atoms with E-state index >= 15 is 0 Å². The highest BCUT2D eigenvalue weighted by atomic mass is 35.5. The SMILES string of the molecule is Clc1ccc2[nH]nc(NC3CCN(Cc4ccc5ccccc5c4)CC3)c2c1. The Balaban J connectivity index is 1.21. The van der Waals surface area contributed by atoms with E-state index in [0.717, 1.165) is 54.2 Å². The van der Waals surface area contributed by atoms with Gasteiger partial charge in [-0.3, -0.25) is 10.00 Å². The molecule has 142 valence electrons. The number of fused-ring (bicyclic) bond motifs is 2. The summed E-state index contributed by atoms with van der Waals surface area (Å²) in [5.41, 5.74) is 2.40. The summed E-state index contributed by atoms with van der Waals surface area (Å²) >= 11 is 6.15. The zero-order valence-corrected chi connectivity index (χ0v) is 16.4. The Morgan fingerprint density at radius 2 is 1.82 bits per heavy atom. The predicted molar refractivity (Wildman–Crippen MR) is 117 cm³/mol. The molecule has 0 aliphatic carbocycles. The summed E-state index contributed by atoms with van der Waals surface area (Å²) in [6.45, 7) is 3.19. The van der Waals surface area contributed by atoms with Crippen molar-refractivity contribution >= 4 is 39.1 Å². The van der Waals surface area contributed by atoms with E-state index in [0.29, 0.717) is 6.04 Å². The van der Waals surface area contributed by atoms with Crippen LogP contribution in [0.5, 0.6) is 0 Å². The number of hydrogen-bond acceptors (Lipinski definition) is 3. The van der Waals surface area contributed by atoms with Crippen LogP contribution in [-0.2, 0) is 6.54 Å². The van der Waals surface area contributed by atoms with Crippen molar-refractivity contribution in [2.75, 3.05) is 18.4 Å². The first kappa shape index (κ1) is 17.5. The fraction of sp³-hybridized carbons (Fsp3) is 0.261. The van der Waals surface area contributed by atoms with Gasteiger partial charge in [0.25, 0.3) is 0 Å². The monoisotopic (exact) mass is 390 g/mol. The molecule has 5 rings (SSSR count). The van der Waals surface area contributed by atoms with Crippen molar-refractivity contribution in [3.8, 4) is 0 Å². The Morgan fingerprint density at radius 1 is 1.00 bits per heavy atom. The first-order valence-corrected chi connectivity index (χ1v) is 10.2. The third-order valence-electron chi connectivity index (χ3n) is 5.67. The summed E-state index contributed by atoms with van der Waals surface area (Å²) in [6.07, 6.45) is 2.23. The van der Waals surface area contributed by atoms with Crippen molar-refractivity contribution in [1.29, 1.82) is 0 Å². The van der Waals surface area contributed by atoms with Crippen molar-refractivity contribution in [2.24, 2.45) is 0 Å². The Morgan fingerprint density at radius 3 is 2.68 bits per heavy atom. The van der Waals surface area contributed by atoms with Gasteiger partial charge < -0.3 is 5.32 Å². The van der Waals surface area contributed by atoms with E-state index < -0.39 is 0 Å². The molecule has 1 aromatic heterocycles. The van der Waals surface area contributed by atoms with E-state index in [1.807, 2.05) is 18.2 Å². The molecule has 3 aromatic carbocycles. The van der Waals surface area contributed by atoms with Gasteiger partial charge in [0.05, 0.1) is 5.52 Å². The van der Waals surface area contributed by atoms with Crippen molar-refractivity contribution in [1.82, 2.24) is 15.1 Å². The molecule has 0 unspecified atom stereocenters. The summed E-state index contributed by atoms with van der Waals surface area (Å²) in [7, 11) is 0. The zero-order chi connectivity index (χ0) is 18.9. The van der Waals surface area contributed by atoms with Crippen LogP contribution in [-0.4, -0.2) is 34.2 Å². The molecule has 1 aliphatic heterocycles. The average Bonchev–Trinajstić information content (AvgIpc) is 3.11. The minimum absolute atomic E-state index is 0.443. The smallest absolute Gasteiger partial charge is 0.155 e. The topological polar surface area (TPSA) is 44.0 Å². The highest BCUT2D eigenvalue weighted by molar-refractivity contribution is 6.31. The summed E-state index contributed by atoms with van der Waals surface area (Å²) < 4.78 is 0. The maximum atomic E-state index is 6.15. The number of rotatable bonds is 4. The number of H-pyrrole nitrogens is 1. The number of likely N-dealkylation sites (tertiary alicyclic amines) is 1. The minimum Gasteiger partial charge on any atom is -0.365 e. The molecule has 5 heteroatoms. The summed E-state index contributed by atoms with van der Waals surface area (Å²) in [4.78, 5) is 2.54. The lowest BCUT2D eigenvalue weighted by molar-refractivity contribution is 0.211. The predicted octanol–water partition coefficient (Wildman–Crippen LogP) is 5.45. The first-order valence-electron chi connectivity index (χ1n) is 9.85. The van der Waals surface area contributed by atoms with Crippen LogP contribution in [0, 0.1) is 0 Å². The van der Waals surface area contributed by atoms with E-state index in [1.165, 1.54) is 16.3 Å². The van der Waals surface area contributed by atoms with Crippen LogP contribution in [0.1, 0.15) is 18.4 Å². The second-order valence-corrected chi connectivity index (χ2v) is 8.07. The molecule has 2 heterocycles. The lowest BCUT2D eigenvalue weighted by Crippen LogP contribution is -2.38. The minimum atomic E-state index is 0.443. The quantitative estimate of drug-likeness (QED) is 0.487. The Hall–Kier alpha value is -2.56. The van der Waals surface area contributed by atoms with Crippen molar-refractivity contribution in [2.45, 2.75) is 25.4 Å². The van der Waals surface area contributed by atoms with Crippen LogP contribution in [0.3, 0.4) is 0 Å². The number of aromatic amines is 1. The number of anilines is 1. The van der Waals surface area contributed by atoms with Gasteiger partial charge in [0, 0.05) is 36.1 Å². The number of hydrogen-bond donors (Lipinski definition) is 2. The molecule has 0 spiro atoms. The molecule has 1 aliphatic rings. The Bertz CT molecular complexity index is 1110. The number of nitrogens with zero attached hydrogens (tertiary/aromatic N) is 2. The molecule has 1 fully saturated rings. The molecule has 1 saturated heterocycles. The third-order valence-corrected chi connectivity index (χ3v) is 5.91. The number of halogens is 1. The lowest BCUT2D eigenvalue weighted by atomic mass is 10.0. The van der Waals surface area contributed by atoms with Gasteiger partial charge in [-0.05, 0) is 53.4 Å². The first-order chi connectivity index (χ1) is 13.7. The van der Waals surface area contributed by atoms with Gasteiger partial charge in [-0.25, -0.2) is 0 Å². The molecule has 4 nitrogen and oxygen atoms in total. The van der Waals surface area contributed by atoms with Gasteiger partial charge in [-0.1, -0.05) is 48.0 Å². The molecular weight excluding hydrogens is 368 g/mol. The van der Waals surface area contributed by atoms with Crippen LogP contribution in [0.25, 0.3) is 21.7 Å². The lowest BCUT2D eigenvalue weighted by Gasteiger charge is -2.32. The van der Waals surface area contributed by atoms with Crippen molar-refractivity contribution in [3.05, 3.63) is 71.2 Å². The average molecular weight is 391 g/mol.